The summed E-state index contributed by atoms with van der Waals surface area (Å²) in [5.74, 6) is -0.142. The van der Waals surface area contributed by atoms with Crippen molar-refractivity contribution in [2.24, 2.45) is 0 Å². The van der Waals surface area contributed by atoms with Gasteiger partial charge in [0.2, 0.25) is 0 Å². The van der Waals surface area contributed by atoms with Crippen LogP contribution in [-0.2, 0) is 11.3 Å². The fourth-order valence-corrected chi connectivity index (χ4v) is 3.05. The minimum atomic E-state index is -0.142. The number of nitrogens with one attached hydrogen (secondary N) is 1. The number of rotatable bonds is 6. The van der Waals surface area contributed by atoms with E-state index in [0.29, 0.717) is 12.2 Å². The van der Waals surface area contributed by atoms with E-state index in [-0.39, 0.29) is 5.91 Å². The van der Waals surface area contributed by atoms with Crippen LogP contribution in [0, 0.1) is 0 Å². The van der Waals surface area contributed by atoms with E-state index >= 15 is 0 Å². The third-order valence-corrected chi connectivity index (χ3v) is 4.36. The van der Waals surface area contributed by atoms with Gasteiger partial charge in [-0.1, -0.05) is 23.9 Å². The summed E-state index contributed by atoms with van der Waals surface area (Å²) < 4.78 is 7.10. The molecule has 0 fully saturated rings. The summed E-state index contributed by atoms with van der Waals surface area (Å²) in [6.07, 6.45) is 5.65. The number of anilines is 1. The molecule has 0 aliphatic heterocycles. The first kappa shape index (κ1) is 17.3. The average molecular weight is 353 g/mol. The van der Waals surface area contributed by atoms with E-state index in [1.165, 1.54) is 0 Å². The first-order valence-corrected chi connectivity index (χ1v) is 9.01. The normalized spacial score (nSPS) is 10.6. The number of aromatic nitrogens is 2. The predicted molar refractivity (Wildman–Crippen MR) is 100 cm³/mol. The molecule has 6 heteroatoms. The molecule has 3 aromatic rings. The van der Waals surface area contributed by atoms with Crippen molar-refractivity contribution < 1.29 is 9.53 Å². The lowest BCUT2D eigenvalue weighted by Crippen LogP contribution is -2.12. The average Bonchev–Trinajstić information content (AvgIpc) is 3.11. The van der Waals surface area contributed by atoms with Gasteiger partial charge in [-0.3, -0.25) is 9.36 Å². The zero-order chi connectivity index (χ0) is 17.6. The van der Waals surface area contributed by atoms with Gasteiger partial charge in [-0.2, -0.15) is 0 Å². The Morgan fingerprint density at radius 3 is 2.76 bits per heavy atom. The topological polar surface area (TPSA) is 56.1 Å². The largest absolute Gasteiger partial charge is 0.380 e. The van der Waals surface area contributed by atoms with Crippen molar-refractivity contribution >= 4 is 23.4 Å². The Hall–Kier alpha value is -2.57. The minimum Gasteiger partial charge on any atom is -0.380 e. The second-order valence-electron chi connectivity index (χ2n) is 5.42. The van der Waals surface area contributed by atoms with Crippen molar-refractivity contribution in [2.75, 3.05) is 18.7 Å². The van der Waals surface area contributed by atoms with Crippen molar-refractivity contribution in [3.63, 3.8) is 0 Å². The van der Waals surface area contributed by atoms with Gasteiger partial charge in [-0.05, 0) is 48.2 Å². The van der Waals surface area contributed by atoms with E-state index in [4.69, 9.17) is 4.74 Å². The molecule has 25 heavy (non-hydrogen) atoms. The molecule has 0 radical (unpaired) electrons. The Morgan fingerprint density at radius 1 is 1.24 bits per heavy atom. The Morgan fingerprint density at radius 2 is 2.04 bits per heavy atom. The number of amides is 1. The van der Waals surface area contributed by atoms with Crippen LogP contribution in [0.15, 0.2) is 66.1 Å². The van der Waals surface area contributed by atoms with Gasteiger partial charge in [0.25, 0.3) is 5.91 Å². The third-order valence-electron chi connectivity index (χ3n) is 3.69. The minimum absolute atomic E-state index is 0.142. The fraction of sp³-hybridized carbons (Fsp3) is 0.158. The molecule has 0 spiro atoms. The second-order valence-corrected chi connectivity index (χ2v) is 6.19. The molecular weight excluding hydrogens is 334 g/mol. The number of benzene rings is 2. The van der Waals surface area contributed by atoms with E-state index in [1.807, 2.05) is 65.6 Å². The molecule has 0 aliphatic carbocycles. The number of thioether (sulfide) groups is 1. The summed E-state index contributed by atoms with van der Waals surface area (Å²) in [7, 11) is 1.65. The van der Waals surface area contributed by atoms with Gasteiger partial charge < -0.3 is 10.1 Å². The number of imidazole rings is 1. The lowest BCUT2D eigenvalue weighted by molar-refractivity contribution is 0.102. The number of carbonyl (C=O) groups excluding carboxylic acids is 1. The molecule has 0 unspecified atom stereocenters. The zero-order valence-electron chi connectivity index (χ0n) is 14.1. The van der Waals surface area contributed by atoms with E-state index in [1.54, 1.807) is 25.1 Å². The van der Waals surface area contributed by atoms with E-state index in [0.717, 1.165) is 22.1 Å². The maximum absolute atomic E-state index is 12.4. The maximum Gasteiger partial charge on any atom is 0.255 e. The van der Waals surface area contributed by atoms with Crippen LogP contribution >= 0.6 is 11.8 Å². The van der Waals surface area contributed by atoms with Crippen LogP contribution in [0.5, 0.6) is 0 Å². The van der Waals surface area contributed by atoms with Crippen LogP contribution < -0.4 is 5.32 Å². The molecule has 1 N–H and O–H groups in total. The lowest BCUT2D eigenvalue weighted by atomic mass is 10.1. The molecule has 0 aliphatic rings. The van der Waals surface area contributed by atoms with Crippen molar-refractivity contribution in [1.82, 2.24) is 9.55 Å². The first-order chi connectivity index (χ1) is 12.2. The molecule has 1 heterocycles. The number of carbonyl (C=O) groups is 1. The second kappa shape index (κ2) is 8.00. The van der Waals surface area contributed by atoms with Crippen molar-refractivity contribution in [1.29, 1.82) is 0 Å². The number of hydrogen-bond donors (Lipinski definition) is 1. The molecule has 1 aromatic heterocycles. The van der Waals surface area contributed by atoms with Gasteiger partial charge in [0.15, 0.2) is 5.16 Å². The van der Waals surface area contributed by atoms with Gasteiger partial charge >= 0.3 is 0 Å². The number of methoxy groups -OCH3 is 1. The Balaban J connectivity index is 1.74. The summed E-state index contributed by atoms with van der Waals surface area (Å²) >= 11 is 1.58. The van der Waals surface area contributed by atoms with E-state index < -0.39 is 0 Å². The van der Waals surface area contributed by atoms with E-state index in [9.17, 15) is 4.79 Å². The zero-order valence-corrected chi connectivity index (χ0v) is 14.9. The summed E-state index contributed by atoms with van der Waals surface area (Å²) in [6, 6.07) is 15.1. The molecule has 0 saturated carbocycles. The summed E-state index contributed by atoms with van der Waals surface area (Å²) in [5.41, 5.74) is 3.34. The van der Waals surface area contributed by atoms with E-state index in [2.05, 4.69) is 10.3 Å². The van der Waals surface area contributed by atoms with Crippen LogP contribution in [0.4, 0.5) is 5.69 Å². The number of hydrogen-bond acceptors (Lipinski definition) is 4. The molecule has 5 nitrogen and oxygen atoms in total. The number of nitrogens with zero attached hydrogens (tertiary/aromatic N) is 2. The summed E-state index contributed by atoms with van der Waals surface area (Å²) in [6.45, 7) is 0.515. The third kappa shape index (κ3) is 4.10. The highest BCUT2D eigenvalue weighted by atomic mass is 32.2. The maximum atomic E-state index is 12.4. The van der Waals surface area contributed by atoms with Gasteiger partial charge in [-0.15, -0.1) is 0 Å². The Labute approximate surface area is 151 Å². The first-order valence-electron chi connectivity index (χ1n) is 7.78. The monoisotopic (exact) mass is 353 g/mol. The van der Waals surface area contributed by atoms with Crippen molar-refractivity contribution in [3.8, 4) is 5.69 Å². The predicted octanol–water partition coefficient (Wildman–Crippen LogP) is 3.99. The quantitative estimate of drug-likeness (QED) is 0.681. The molecule has 128 valence electrons. The van der Waals surface area contributed by atoms with Crippen molar-refractivity contribution in [3.05, 3.63) is 72.1 Å². The molecule has 0 saturated heterocycles. The highest BCUT2D eigenvalue weighted by Gasteiger charge is 2.08. The molecule has 3 rings (SSSR count). The molecular formula is C19H19N3O2S. The van der Waals surface area contributed by atoms with Gasteiger partial charge in [0, 0.05) is 36.4 Å². The molecule has 2 aromatic carbocycles. The SMILES string of the molecule is COCc1cccc(NC(=O)c2ccc(-n3ccnc3SC)cc2)c1. The highest BCUT2D eigenvalue weighted by molar-refractivity contribution is 7.98. The summed E-state index contributed by atoms with van der Waals surface area (Å²) in [5, 5.41) is 3.83. The molecule has 1 amide bonds. The van der Waals surface area contributed by atoms with Gasteiger partial charge in [0.1, 0.15) is 0 Å². The van der Waals surface area contributed by atoms with Crippen LogP contribution in [0.25, 0.3) is 5.69 Å². The van der Waals surface area contributed by atoms with Crippen LogP contribution in [0.3, 0.4) is 0 Å². The van der Waals surface area contributed by atoms with Crippen LogP contribution in [0.1, 0.15) is 15.9 Å². The Bertz CT molecular complexity index is 859. The van der Waals surface area contributed by atoms with Crippen LogP contribution in [0.2, 0.25) is 0 Å². The highest BCUT2D eigenvalue weighted by Crippen LogP contribution is 2.19. The van der Waals surface area contributed by atoms with Crippen LogP contribution in [-0.4, -0.2) is 28.8 Å². The van der Waals surface area contributed by atoms with Crippen molar-refractivity contribution in [2.45, 2.75) is 11.8 Å². The fourth-order valence-electron chi connectivity index (χ4n) is 2.52. The summed E-state index contributed by atoms with van der Waals surface area (Å²) in [4.78, 5) is 16.7. The van der Waals surface area contributed by atoms with Gasteiger partial charge in [0.05, 0.1) is 6.61 Å². The standard InChI is InChI=1S/C19H19N3O2S/c1-24-13-14-4-3-5-16(12-14)21-18(23)15-6-8-17(9-7-15)22-11-10-20-19(22)25-2/h3-12H,13H2,1-2H3,(H,21,23). The smallest absolute Gasteiger partial charge is 0.255 e. The van der Waals surface area contributed by atoms with Gasteiger partial charge in [-0.25, -0.2) is 4.98 Å². The molecule has 0 atom stereocenters. The lowest BCUT2D eigenvalue weighted by Gasteiger charge is -2.09. The Kier molecular flexibility index (Phi) is 5.53. The molecule has 0 bridgehead atoms. The number of ether oxygens (including phenoxy) is 1.